The molecule has 0 heterocycles. The van der Waals surface area contributed by atoms with Gasteiger partial charge in [0.15, 0.2) is 0 Å². The number of phenolic OH excluding ortho intramolecular Hbond substituents is 1. The Kier molecular flexibility index (Phi) is 7.19. The molecule has 0 bridgehead atoms. The molecular weight excluding hydrogens is 266 g/mol. The lowest BCUT2D eigenvalue weighted by molar-refractivity contribution is 0.130. The lowest BCUT2D eigenvalue weighted by Gasteiger charge is -2.22. The molecule has 4 nitrogen and oxygen atoms in total. The minimum Gasteiger partial charge on any atom is -0.508 e. The van der Waals surface area contributed by atoms with Crippen molar-refractivity contribution >= 4 is 12.4 Å². The maximum atomic E-state index is 9.80. The second-order valence-corrected chi connectivity index (χ2v) is 5.41. The Bertz CT molecular complexity index is 391. The Hall–Kier alpha value is -0.970. The number of aliphatic hydroxyl groups is 1. The van der Waals surface area contributed by atoms with Crippen LogP contribution in [0, 0.1) is 0 Å². The number of halogens is 1. The summed E-state index contributed by atoms with van der Waals surface area (Å²) in [6, 6.07) is 4.79. The minimum absolute atomic E-state index is 0. The number of aliphatic hydroxyl groups excluding tert-OH is 1. The van der Waals surface area contributed by atoms with Gasteiger partial charge in [-0.1, -0.05) is 0 Å². The van der Waals surface area contributed by atoms with Crippen LogP contribution in [0.1, 0.15) is 45.2 Å². The van der Waals surface area contributed by atoms with Gasteiger partial charge in [-0.15, -0.1) is 12.4 Å². The number of phenols is 1. The van der Waals surface area contributed by atoms with E-state index in [0.717, 1.165) is 0 Å². The quantitative estimate of drug-likeness (QED) is 0.779. The van der Waals surface area contributed by atoms with Crippen molar-refractivity contribution in [3.8, 4) is 11.5 Å². The topological polar surface area (TPSA) is 75.7 Å². The molecule has 0 aliphatic carbocycles. The number of benzene rings is 1. The van der Waals surface area contributed by atoms with Crippen molar-refractivity contribution in [3.05, 3.63) is 23.8 Å². The third kappa shape index (κ3) is 6.14. The van der Waals surface area contributed by atoms with Gasteiger partial charge in [-0.3, -0.25) is 0 Å². The summed E-state index contributed by atoms with van der Waals surface area (Å²) < 4.78 is 5.74. The van der Waals surface area contributed by atoms with Crippen molar-refractivity contribution in [2.75, 3.05) is 6.61 Å². The third-order valence-electron chi connectivity index (χ3n) is 2.50. The standard InChI is InChI=1S/C14H23NO3.ClH/c1-14(2,3)18-10-6-7-13(17)11(9-10)12(15)5-4-8-16;/h6-7,9,12,16-17H,4-5,8,15H2,1-3H3;1H/t12-;/m0./s1. The van der Waals surface area contributed by atoms with Crippen LogP contribution in [0.5, 0.6) is 11.5 Å². The molecule has 0 aromatic heterocycles. The molecule has 0 saturated carbocycles. The zero-order valence-electron chi connectivity index (χ0n) is 11.7. The van der Waals surface area contributed by atoms with Gasteiger partial charge < -0.3 is 20.7 Å². The summed E-state index contributed by atoms with van der Waals surface area (Å²) in [4.78, 5) is 0. The zero-order chi connectivity index (χ0) is 13.8. The first-order valence-electron chi connectivity index (χ1n) is 6.22. The van der Waals surface area contributed by atoms with E-state index in [4.69, 9.17) is 15.6 Å². The molecule has 0 aliphatic rings. The fraction of sp³-hybridized carbons (Fsp3) is 0.571. The van der Waals surface area contributed by atoms with Crippen LogP contribution in [0.2, 0.25) is 0 Å². The van der Waals surface area contributed by atoms with Gasteiger partial charge in [0.25, 0.3) is 0 Å². The van der Waals surface area contributed by atoms with E-state index in [0.29, 0.717) is 24.2 Å². The molecule has 1 aromatic rings. The van der Waals surface area contributed by atoms with E-state index in [1.54, 1.807) is 18.2 Å². The van der Waals surface area contributed by atoms with E-state index in [1.807, 2.05) is 20.8 Å². The monoisotopic (exact) mass is 289 g/mol. The van der Waals surface area contributed by atoms with E-state index < -0.39 is 0 Å². The van der Waals surface area contributed by atoms with Crippen LogP contribution in [0.4, 0.5) is 0 Å². The molecule has 0 amide bonds. The second kappa shape index (κ2) is 7.58. The van der Waals surface area contributed by atoms with Crippen molar-refractivity contribution in [1.82, 2.24) is 0 Å². The van der Waals surface area contributed by atoms with Gasteiger partial charge in [-0.25, -0.2) is 0 Å². The maximum Gasteiger partial charge on any atom is 0.120 e. The molecular formula is C14H24ClNO3. The first-order chi connectivity index (χ1) is 8.33. The van der Waals surface area contributed by atoms with Crippen molar-refractivity contribution in [3.63, 3.8) is 0 Å². The summed E-state index contributed by atoms with van der Waals surface area (Å²) >= 11 is 0. The summed E-state index contributed by atoms with van der Waals surface area (Å²) in [5.74, 6) is 0.858. The van der Waals surface area contributed by atoms with Gasteiger partial charge in [0, 0.05) is 18.2 Å². The van der Waals surface area contributed by atoms with E-state index in [-0.39, 0.29) is 36.4 Å². The van der Waals surface area contributed by atoms with Crippen LogP contribution >= 0.6 is 12.4 Å². The highest BCUT2D eigenvalue weighted by molar-refractivity contribution is 5.85. The highest BCUT2D eigenvalue weighted by Crippen LogP contribution is 2.30. The van der Waals surface area contributed by atoms with Gasteiger partial charge in [0.1, 0.15) is 17.1 Å². The van der Waals surface area contributed by atoms with Crippen LogP contribution in [0.15, 0.2) is 18.2 Å². The SMILES string of the molecule is CC(C)(C)Oc1ccc(O)c([C@@H](N)CCCO)c1.Cl. The summed E-state index contributed by atoms with van der Waals surface area (Å²) in [7, 11) is 0. The van der Waals surface area contributed by atoms with Gasteiger partial charge >= 0.3 is 0 Å². The first kappa shape index (κ1) is 18.0. The molecule has 0 aliphatic heterocycles. The fourth-order valence-electron chi connectivity index (χ4n) is 1.71. The minimum atomic E-state index is -0.291. The molecule has 0 saturated heterocycles. The van der Waals surface area contributed by atoms with E-state index in [1.165, 1.54) is 0 Å². The predicted molar refractivity (Wildman–Crippen MR) is 79.0 cm³/mol. The number of nitrogens with two attached hydrogens (primary N) is 1. The van der Waals surface area contributed by atoms with E-state index in [2.05, 4.69) is 0 Å². The number of rotatable bonds is 5. The number of aromatic hydroxyl groups is 1. The molecule has 0 fully saturated rings. The lowest BCUT2D eigenvalue weighted by Crippen LogP contribution is -2.23. The molecule has 0 unspecified atom stereocenters. The second-order valence-electron chi connectivity index (χ2n) is 5.41. The van der Waals surface area contributed by atoms with Crippen molar-refractivity contribution in [2.45, 2.75) is 45.3 Å². The Morgan fingerprint density at radius 1 is 1.32 bits per heavy atom. The van der Waals surface area contributed by atoms with Gasteiger partial charge in [0.05, 0.1) is 0 Å². The first-order valence-corrected chi connectivity index (χ1v) is 6.22. The highest BCUT2D eigenvalue weighted by atomic mass is 35.5. The average molecular weight is 290 g/mol. The molecule has 1 atom stereocenters. The molecule has 1 rings (SSSR count). The van der Waals surface area contributed by atoms with Crippen LogP contribution in [0.25, 0.3) is 0 Å². The summed E-state index contributed by atoms with van der Waals surface area (Å²) in [5.41, 5.74) is 6.36. The molecule has 4 N–H and O–H groups in total. The lowest BCUT2D eigenvalue weighted by atomic mass is 10.0. The zero-order valence-corrected chi connectivity index (χ0v) is 12.5. The van der Waals surface area contributed by atoms with E-state index >= 15 is 0 Å². The van der Waals surface area contributed by atoms with Crippen molar-refractivity contribution < 1.29 is 14.9 Å². The number of hydrogen-bond donors (Lipinski definition) is 3. The van der Waals surface area contributed by atoms with E-state index in [9.17, 15) is 5.11 Å². The van der Waals surface area contributed by atoms with Crippen LogP contribution < -0.4 is 10.5 Å². The molecule has 5 heteroatoms. The molecule has 0 spiro atoms. The van der Waals surface area contributed by atoms with Gasteiger partial charge in [-0.2, -0.15) is 0 Å². The summed E-state index contributed by atoms with van der Waals surface area (Å²) in [5, 5.41) is 18.6. The number of hydrogen-bond acceptors (Lipinski definition) is 4. The highest BCUT2D eigenvalue weighted by Gasteiger charge is 2.15. The Morgan fingerprint density at radius 3 is 2.47 bits per heavy atom. The summed E-state index contributed by atoms with van der Waals surface area (Å²) in [6.07, 6.45) is 1.24. The molecule has 0 radical (unpaired) electrons. The Morgan fingerprint density at radius 2 is 1.95 bits per heavy atom. The van der Waals surface area contributed by atoms with Gasteiger partial charge in [0.2, 0.25) is 0 Å². The average Bonchev–Trinajstić information content (AvgIpc) is 2.26. The van der Waals surface area contributed by atoms with Crippen LogP contribution in [-0.2, 0) is 0 Å². The number of ether oxygens (including phenoxy) is 1. The maximum absolute atomic E-state index is 9.80. The van der Waals surface area contributed by atoms with Crippen molar-refractivity contribution in [1.29, 1.82) is 0 Å². The Labute approximate surface area is 121 Å². The molecule has 1 aromatic carbocycles. The van der Waals surface area contributed by atoms with Gasteiger partial charge in [-0.05, 0) is 51.8 Å². The molecule has 19 heavy (non-hydrogen) atoms. The van der Waals surface area contributed by atoms with Crippen molar-refractivity contribution in [2.24, 2.45) is 5.73 Å². The largest absolute Gasteiger partial charge is 0.508 e. The third-order valence-corrected chi connectivity index (χ3v) is 2.50. The smallest absolute Gasteiger partial charge is 0.120 e. The normalized spacial score (nSPS) is 12.7. The predicted octanol–water partition coefficient (Wildman–Crippen LogP) is 2.76. The summed E-state index contributed by atoms with van der Waals surface area (Å²) in [6.45, 7) is 5.99. The molecule has 110 valence electrons. The fourth-order valence-corrected chi connectivity index (χ4v) is 1.71. The van der Waals surface area contributed by atoms with Crippen LogP contribution in [-0.4, -0.2) is 22.4 Å². The van der Waals surface area contributed by atoms with Crippen LogP contribution in [0.3, 0.4) is 0 Å². The Balaban J connectivity index is 0.00000324.